The molecular formula is C27H21N4NaO3S. The van der Waals surface area contributed by atoms with E-state index in [1.807, 2.05) is 36.4 Å². The fraction of sp³-hybridized carbons (Fsp3) is 0. The maximum atomic E-state index is 11.9. The van der Waals surface area contributed by atoms with Crippen LogP contribution in [0.4, 0.5) is 17.1 Å². The summed E-state index contributed by atoms with van der Waals surface area (Å²) in [4.78, 5) is 4.23. The van der Waals surface area contributed by atoms with Crippen LogP contribution < -0.4 is 5.73 Å². The molecule has 0 bridgehead atoms. The van der Waals surface area contributed by atoms with Gasteiger partial charge >= 0.3 is 29.6 Å². The molecular weight excluding hydrogens is 483 g/mol. The van der Waals surface area contributed by atoms with E-state index in [1.54, 1.807) is 36.5 Å². The first kappa shape index (κ1) is 25.7. The molecule has 0 radical (unpaired) electrons. The van der Waals surface area contributed by atoms with Crippen molar-refractivity contribution in [2.24, 2.45) is 10.2 Å². The van der Waals surface area contributed by atoms with Gasteiger partial charge in [-0.05, 0) is 35.4 Å². The average Bonchev–Trinajstić information content (AvgIpc) is 2.89. The topological polar surface area (TPSA) is 118 Å². The summed E-state index contributed by atoms with van der Waals surface area (Å²) in [5.74, 6) is 0. The van der Waals surface area contributed by atoms with Crippen molar-refractivity contribution in [3.05, 3.63) is 103 Å². The van der Waals surface area contributed by atoms with E-state index in [0.717, 1.165) is 22.4 Å². The Labute approximate surface area is 230 Å². The molecule has 174 valence electrons. The van der Waals surface area contributed by atoms with Crippen LogP contribution in [0.2, 0.25) is 0 Å². The van der Waals surface area contributed by atoms with E-state index in [9.17, 15) is 13.0 Å². The Bertz CT molecular complexity index is 1670. The quantitative estimate of drug-likeness (QED) is 0.129. The molecule has 1 aromatic heterocycles. The van der Waals surface area contributed by atoms with Gasteiger partial charge in [0.2, 0.25) is 0 Å². The molecule has 0 spiro atoms. The van der Waals surface area contributed by atoms with Gasteiger partial charge in [0.15, 0.2) is 0 Å². The zero-order chi connectivity index (χ0) is 24.4. The molecule has 1 heterocycles. The fourth-order valence-electron chi connectivity index (χ4n) is 3.86. The van der Waals surface area contributed by atoms with Gasteiger partial charge in [-0.2, -0.15) is 8.42 Å². The molecule has 0 saturated carbocycles. The second kappa shape index (κ2) is 10.7. The molecule has 0 aliphatic carbocycles. The summed E-state index contributed by atoms with van der Waals surface area (Å²) in [5.41, 5.74) is 11.0. The molecule has 0 fully saturated rings. The molecule has 5 rings (SSSR count). The molecule has 3 N–H and O–H groups in total. The molecule has 36 heavy (non-hydrogen) atoms. The Morgan fingerprint density at radius 1 is 0.722 bits per heavy atom. The number of benzene rings is 4. The van der Waals surface area contributed by atoms with E-state index < -0.39 is 10.1 Å². The second-order valence-electron chi connectivity index (χ2n) is 7.88. The van der Waals surface area contributed by atoms with Crippen LogP contribution in [0.3, 0.4) is 0 Å². The van der Waals surface area contributed by atoms with Crippen molar-refractivity contribution in [3.63, 3.8) is 0 Å². The van der Waals surface area contributed by atoms with Crippen LogP contribution in [-0.4, -0.2) is 47.5 Å². The van der Waals surface area contributed by atoms with Gasteiger partial charge in [-0.15, -0.1) is 10.2 Å². The molecule has 7 nitrogen and oxygen atoms in total. The number of aromatic nitrogens is 1. The minimum atomic E-state index is -4.48. The molecule has 9 heteroatoms. The third kappa shape index (κ3) is 5.38. The van der Waals surface area contributed by atoms with Crippen molar-refractivity contribution in [2.75, 3.05) is 5.73 Å². The van der Waals surface area contributed by atoms with Crippen molar-refractivity contribution in [1.82, 2.24) is 4.98 Å². The van der Waals surface area contributed by atoms with Gasteiger partial charge in [0.25, 0.3) is 10.1 Å². The number of rotatable bonds is 5. The van der Waals surface area contributed by atoms with Gasteiger partial charge in [-0.1, -0.05) is 72.8 Å². The number of hydrogen-bond acceptors (Lipinski definition) is 6. The Balaban J connectivity index is 0.00000304. The van der Waals surface area contributed by atoms with Gasteiger partial charge < -0.3 is 5.73 Å². The number of nitrogens with zero attached hydrogens (tertiary/aromatic N) is 3. The van der Waals surface area contributed by atoms with Gasteiger partial charge in [0.05, 0.1) is 17.6 Å². The van der Waals surface area contributed by atoms with Gasteiger partial charge in [-0.3, -0.25) is 9.54 Å². The summed E-state index contributed by atoms with van der Waals surface area (Å²) < 4.78 is 33.5. The van der Waals surface area contributed by atoms with Crippen LogP contribution >= 0.6 is 0 Å². The number of pyridine rings is 1. The molecule has 0 atom stereocenters. The van der Waals surface area contributed by atoms with Gasteiger partial charge in [0.1, 0.15) is 16.3 Å². The van der Waals surface area contributed by atoms with Crippen molar-refractivity contribution in [2.45, 2.75) is 4.90 Å². The van der Waals surface area contributed by atoms with Crippen LogP contribution in [0, 0.1) is 0 Å². The predicted octanol–water partition coefficient (Wildman–Crippen LogP) is 6.16. The van der Waals surface area contributed by atoms with Crippen molar-refractivity contribution in [3.8, 4) is 22.4 Å². The third-order valence-corrected chi connectivity index (χ3v) is 6.48. The fourth-order valence-corrected chi connectivity index (χ4v) is 4.58. The number of nitrogen functional groups attached to an aromatic ring is 1. The zero-order valence-corrected chi connectivity index (χ0v) is 19.2. The van der Waals surface area contributed by atoms with Crippen LogP contribution in [0.15, 0.2) is 118 Å². The first-order chi connectivity index (χ1) is 16.9. The predicted molar refractivity (Wildman–Crippen MR) is 145 cm³/mol. The Morgan fingerprint density at radius 3 is 2.08 bits per heavy atom. The number of azo groups is 1. The number of fused-ring (bicyclic) bond motifs is 1. The molecule has 0 unspecified atom stereocenters. The number of nitrogens with two attached hydrogens (primary N) is 1. The van der Waals surface area contributed by atoms with Gasteiger partial charge in [-0.25, -0.2) is 0 Å². The summed E-state index contributed by atoms with van der Waals surface area (Å²) in [6.07, 6.45) is 1.58. The third-order valence-electron chi connectivity index (χ3n) is 5.59. The summed E-state index contributed by atoms with van der Waals surface area (Å²) in [7, 11) is -4.48. The van der Waals surface area contributed by atoms with Gasteiger partial charge in [0, 0.05) is 16.3 Å². The Morgan fingerprint density at radius 2 is 1.39 bits per heavy atom. The van der Waals surface area contributed by atoms with Crippen LogP contribution in [0.1, 0.15) is 0 Å². The normalized spacial score (nSPS) is 11.5. The summed E-state index contributed by atoms with van der Waals surface area (Å²) in [6, 6.07) is 29.7. The van der Waals surface area contributed by atoms with Crippen molar-refractivity contribution < 1.29 is 13.0 Å². The zero-order valence-electron chi connectivity index (χ0n) is 18.4. The molecule has 0 saturated heterocycles. The first-order valence-corrected chi connectivity index (χ1v) is 12.2. The van der Waals surface area contributed by atoms with Crippen molar-refractivity contribution in [1.29, 1.82) is 0 Å². The molecule has 0 amide bonds. The number of anilines is 1. The van der Waals surface area contributed by atoms with E-state index in [2.05, 4.69) is 39.5 Å². The average molecular weight is 505 g/mol. The number of hydrogen-bond donors (Lipinski definition) is 2. The first-order valence-electron chi connectivity index (χ1n) is 10.7. The molecule has 4 aromatic carbocycles. The SMILES string of the molecule is Nc1c(/N=N/c2ccc(-c3cccc(-c4ccccc4)c3)nc2)cc(S(=O)(=O)O)c2ccccc12.[NaH]. The van der Waals surface area contributed by atoms with Crippen molar-refractivity contribution >= 4 is 67.5 Å². The van der Waals surface area contributed by atoms with Crippen LogP contribution in [-0.2, 0) is 10.1 Å². The van der Waals surface area contributed by atoms with E-state index >= 15 is 0 Å². The summed E-state index contributed by atoms with van der Waals surface area (Å²) in [6.45, 7) is 0. The minimum absolute atomic E-state index is 0. The van der Waals surface area contributed by atoms with E-state index in [4.69, 9.17) is 5.73 Å². The maximum absolute atomic E-state index is 11.9. The Kier molecular flexibility index (Phi) is 7.63. The summed E-state index contributed by atoms with van der Waals surface area (Å²) in [5, 5.41) is 9.09. The molecule has 0 aliphatic rings. The standard InChI is InChI=1S/C27H20N4O3S.Na.H/c28-27-23-12-5-4-11-22(23)26(35(32,33)34)16-25(27)31-30-21-13-14-24(29-17-21)20-10-6-9-19(15-20)18-7-2-1-3-8-18;;/h1-17H,28H2,(H,32,33,34);;/b31-30+;;. The Hall–Kier alpha value is -3.40. The second-order valence-corrected chi connectivity index (χ2v) is 9.27. The van der Waals surface area contributed by atoms with Crippen LogP contribution in [0.5, 0.6) is 0 Å². The monoisotopic (exact) mass is 504 g/mol. The van der Waals surface area contributed by atoms with E-state index in [1.165, 1.54) is 6.07 Å². The van der Waals surface area contributed by atoms with Crippen LogP contribution in [0.25, 0.3) is 33.2 Å². The molecule has 5 aromatic rings. The van der Waals surface area contributed by atoms with E-state index in [0.29, 0.717) is 16.5 Å². The summed E-state index contributed by atoms with van der Waals surface area (Å²) >= 11 is 0. The van der Waals surface area contributed by atoms with E-state index in [-0.39, 0.29) is 45.8 Å². The molecule has 0 aliphatic heterocycles.